The van der Waals surface area contributed by atoms with E-state index in [2.05, 4.69) is 0 Å². The Hall–Kier alpha value is -0.410. The Morgan fingerprint density at radius 3 is 2.56 bits per heavy atom. The Bertz CT molecular complexity index is 373. The minimum Gasteiger partial charge on any atom is -0.480 e. The molecule has 94 valence electrons. The first-order valence-electron chi connectivity index (χ1n) is 4.47. The largest absolute Gasteiger partial charge is 0.480 e. The van der Waals surface area contributed by atoms with Crippen molar-refractivity contribution in [3.05, 3.63) is 0 Å². The van der Waals surface area contributed by atoms with Crippen LogP contribution in [0.25, 0.3) is 0 Å². The van der Waals surface area contributed by atoms with Crippen LogP contribution in [-0.2, 0) is 14.8 Å². The summed E-state index contributed by atoms with van der Waals surface area (Å²) in [5.74, 6) is -4.98. The number of rotatable bonds is 4. The van der Waals surface area contributed by atoms with Crippen LogP contribution in [-0.4, -0.2) is 46.7 Å². The lowest BCUT2D eigenvalue weighted by Crippen LogP contribution is -2.47. The number of carboxylic acids is 1. The van der Waals surface area contributed by atoms with Gasteiger partial charge >= 0.3 is 11.7 Å². The highest BCUT2D eigenvalue weighted by Crippen LogP contribution is 2.35. The van der Waals surface area contributed by atoms with Gasteiger partial charge in [0.2, 0.25) is 0 Å². The van der Waals surface area contributed by atoms with Crippen LogP contribution in [0.4, 0.5) is 8.78 Å². The van der Waals surface area contributed by atoms with E-state index in [1.807, 2.05) is 0 Å². The zero-order valence-corrected chi connectivity index (χ0v) is 9.97. The molecule has 16 heavy (non-hydrogen) atoms. The van der Waals surface area contributed by atoms with E-state index in [0.29, 0.717) is 10.7 Å². The zero-order chi connectivity index (χ0) is 12.5. The van der Waals surface area contributed by atoms with Gasteiger partial charge in [0.15, 0.2) is 0 Å². The maximum absolute atomic E-state index is 12.4. The molecule has 1 rings (SSSR count). The highest BCUT2D eigenvalue weighted by Gasteiger charge is 2.48. The first-order chi connectivity index (χ1) is 7.32. The molecular weight excluding hydrogens is 264 g/mol. The lowest BCUT2D eigenvalue weighted by Gasteiger charge is -2.24. The summed E-state index contributed by atoms with van der Waals surface area (Å²) in [7, 11) is -4.83. The Kier molecular flexibility index (Phi) is 4.13. The highest BCUT2D eigenvalue weighted by atomic mass is 32.2. The molecule has 2 unspecified atom stereocenters. The number of sulfonamides is 1. The monoisotopic (exact) mass is 275 g/mol. The van der Waals surface area contributed by atoms with Crippen LogP contribution in [0.5, 0.6) is 0 Å². The van der Waals surface area contributed by atoms with Gasteiger partial charge < -0.3 is 5.11 Å². The molecule has 2 atom stereocenters. The number of hydrogen-bond donors (Lipinski definition) is 1. The Balaban J connectivity index is 3.08. The minimum atomic E-state index is -4.83. The standard InChI is InChI=1S/C7H11F2NO4S2/c1-2-5-10(16(13,14)7(8)9)4(3-15-5)6(11)12/h4-5,7H,2-3H2,1H3,(H,11,12). The molecule has 5 nitrogen and oxygen atoms in total. The summed E-state index contributed by atoms with van der Waals surface area (Å²) >= 11 is 1.06. The summed E-state index contributed by atoms with van der Waals surface area (Å²) in [4.78, 5) is 10.8. The number of carbonyl (C=O) groups is 1. The molecule has 1 aliphatic heterocycles. The number of aliphatic carboxylic acids is 1. The van der Waals surface area contributed by atoms with E-state index in [-0.39, 0.29) is 5.75 Å². The Morgan fingerprint density at radius 2 is 2.19 bits per heavy atom. The number of carboxylic acid groups (broad SMARTS) is 1. The van der Waals surface area contributed by atoms with Crippen LogP contribution in [0.3, 0.4) is 0 Å². The summed E-state index contributed by atoms with van der Waals surface area (Å²) in [6.45, 7) is 1.62. The number of thioether (sulfide) groups is 1. The van der Waals surface area contributed by atoms with Crippen molar-refractivity contribution in [2.75, 3.05) is 5.75 Å². The topological polar surface area (TPSA) is 74.7 Å². The lowest BCUT2D eigenvalue weighted by molar-refractivity contribution is -0.140. The van der Waals surface area contributed by atoms with Gasteiger partial charge in [-0.1, -0.05) is 6.92 Å². The smallest absolute Gasteiger partial charge is 0.350 e. The Morgan fingerprint density at radius 1 is 1.62 bits per heavy atom. The zero-order valence-electron chi connectivity index (χ0n) is 8.34. The van der Waals surface area contributed by atoms with Gasteiger partial charge in [-0.15, -0.1) is 11.8 Å². The molecule has 0 aliphatic carbocycles. The highest BCUT2D eigenvalue weighted by molar-refractivity contribution is 8.01. The average molecular weight is 275 g/mol. The Labute approximate surface area is 95.9 Å². The first kappa shape index (κ1) is 13.7. The number of halogens is 2. The second kappa shape index (κ2) is 4.84. The molecule has 1 aliphatic rings. The fraction of sp³-hybridized carbons (Fsp3) is 0.857. The third-order valence-corrected chi connectivity index (χ3v) is 5.32. The van der Waals surface area contributed by atoms with E-state index >= 15 is 0 Å². The van der Waals surface area contributed by atoms with Crippen LogP contribution in [0.15, 0.2) is 0 Å². The van der Waals surface area contributed by atoms with E-state index in [0.717, 1.165) is 11.8 Å². The van der Waals surface area contributed by atoms with Crippen molar-refractivity contribution in [3.63, 3.8) is 0 Å². The predicted molar refractivity (Wildman–Crippen MR) is 54.7 cm³/mol. The fourth-order valence-corrected chi connectivity index (χ4v) is 4.52. The van der Waals surface area contributed by atoms with Crippen molar-refractivity contribution in [1.29, 1.82) is 0 Å². The van der Waals surface area contributed by atoms with Crippen LogP contribution < -0.4 is 0 Å². The summed E-state index contributed by atoms with van der Waals surface area (Å²) in [6.07, 6.45) is 0.292. The summed E-state index contributed by atoms with van der Waals surface area (Å²) < 4.78 is 47.8. The normalized spacial score (nSPS) is 27.5. The predicted octanol–water partition coefficient (Wildman–Crippen LogP) is 0.777. The fourth-order valence-electron chi connectivity index (χ4n) is 1.46. The van der Waals surface area contributed by atoms with Crippen molar-refractivity contribution in [2.24, 2.45) is 0 Å². The molecule has 9 heteroatoms. The van der Waals surface area contributed by atoms with Crippen molar-refractivity contribution in [3.8, 4) is 0 Å². The second-order valence-electron chi connectivity index (χ2n) is 3.19. The van der Waals surface area contributed by atoms with Crippen LogP contribution in [0.2, 0.25) is 0 Å². The van der Waals surface area contributed by atoms with Gasteiger partial charge in [0, 0.05) is 5.75 Å². The van der Waals surface area contributed by atoms with Gasteiger partial charge in [0.05, 0.1) is 5.37 Å². The van der Waals surface area contributed by atoms with Gasteiger partial charge in [-0.2, -0.15) is 13.1 Å². The molecule has 1 saturated heterocycles. The molecular formula is C7H11F2NO4S2. The van der Waals surface area contributed by atoms with E-state index in [1.54, 1.807) is 6.92 Å². The van der Waals surface area contributed by atoms with Gasteiger partial charge in [-0.3, -0.25) is 4.79 Å². The minimum absolute atomic E-state index is 0.000208. The molecule has 0 aromatic heterocycles. The SMILES string of the molecule is CCC1SCC(C(=O)O)N1S(=O)(=O)C(F)F. The maximum Gasteiger partial charge on any atom is 0.350 e. The van der Waals surface area contributed by atoms with Gasteiger partial charge in [0.1, 0.15) is 6.04 Å². The van der Waals surface area contributed by atoms with Crippen molar-refractivity contribution in [2.45, 2.75) is 30.5 Å². The molecule has 0 aromatic rings. The molecule has 0 radical (unpaired) electrons. The molecule has 0 bridgehead atoms. The molecule has 0 aromatic carbocycles. The van der Waals surface area contributed by atoms with Crippen LogP contribution in [0.1, 0.15) is 13.3 Å². The van der Waals surface area contributed by atoms with E-state index in [1.165, 1.54) is 0 Å². The van der Waals surface area contributed by atoms with Crippen LogP contribution >= 0.6 is 11.8 Å². The molecule has 1 fully saturated rings. The van der Waals surface area contributed by atoms with Crippen molar-refractivity contribution < 1.29 is 27.1 Å². The van der Waals surface area contributed by atoms with Gasteiger partial charge in [-0.25, -0.2) is 8.42 Å². The lowest BCUT2D eigenvalue weighted by atomic mass is 10.3. The number of nitrogens with zero attached hydrogens (tertiary/aromatic N) is 1. The number of hydrogen-bond acceptors (Lipinski definition) is 4. The third kappa shape index (κ3) is 2.30. The van der Waals surface area contributed by atoms with Crippen molar-refractivity contribution >= 4 is 27.8 Å². The maximum atomic E-state index is 12.4. The average Bonchev–Trinajstić information content (AvgIpc) is 2.60. The second-order valence-corrected chi connectivity index (χ2v) is 6.20. The molecule has 0 saturated carbocycles. The molecule has 1 heterocycles. The van der Waals surface area contributed by atoms with E-state index in [9.17, 15) is 22.0 Å². The molecule has 1 N–H and O–H groups in total. The van der Waals surface area contributed by atoms with E-state index in [4.69, 9.17) is 5.11 Å². The summed E-state index contributed by atoms with van der Waals surface area (Å²) in [6, 6.07) is -1.39. The van der Waals surface area contributed by atoms with Crippen molar-refractivity contribution in [1.82, 2.24) is 4.31 Å². The number of alkyl halides is 2. The van der Waals surface area contributed by atoms with Gasteiger partial charge in [0.25, 0.3) is 10.0 Å². The quantitative estimate of drug-likeness (QED) is 0.820. The summed E-state index contributed by atoms with van der Waals surface area (Å²) in [5.41, 5.74) is 0. The summed E-state index contributed by atoms with van der Waals surface area (Å²) in [5, 5.41) is 8.06. The van der Waals surface area contributed by atoms with E-state index < -0.39 is 33.2 Å². The van der Waals surface area contributed by atoms with Crippen LogP contribution in [0, 0.1) is 0 Å². The third-order valence-electron chi connectivity index (χ3n) is 2.19. The molecule has 0 spiro atoms. The molecule has 0 amide bonds. The van der Waals surface area contributed by atoms with Gasteiger partial charge in [-0.05, 0) is 6.42 Å². The first-order valence-corrected chi connectivity index (χ1v) is 7.02.